The normalized spacial score (nSPS) is 22.6. The zero-order valence-electron chi connectivity index (χ0n) is 11.2. The van der Waals surface area contributed by atoms with Gasteiger partial charge in [-0.25, -0.2) is 0 Å². The zero-order chi connectivity index (χ0) is 13.2. The van der Waals surface area contributed by atoms with Crippen molar-refractivity contribution in [2.75, 3.05) is 12.4 Å². The minimum atomic E-state index is -0.205. The van der Waals surface area contributed by atoms with Gasteiger partial charge < -0.3 is 9.47 Å². The van der Waals surface area contributed by atoms with Gasteiger partial charge >= 0.3 is 0 Å². The van der Waals surface area contributed by atoms with Crippen molar-refractivity contribution < 1.29 is 4.79 Å². The second-order valence-corrected chi connectivity index (χ2v) is 5.62. The highest BCUT2D eigenvalue weighted by molar-refractivity contribution is 9.09. The number of carbonyl (C=O) groups is 1. The molecule has 0 spiro atoms. The van der Waals surface area contributed by atoms with Gasteiger partial charge in [-0.05, 0) is 25.0 Å². The Hall–Kier alpha value is -0.770. The van der Waals surface area contributed by atoms with Crippen LogP contribution in [0, 0.1) is 0 Å². The maximum atomic E-state index is 12.2. The molecule has 0 saturated carbocycles. The molecule has 0 saturated heterocycles. The Bertz CT molecular complexity index is 429. The smallest absolute Gasteiger partial charge is 0.272 e. The Morgan fingerprint density at radius 3 is 2.78 bits per heavy atom. The average Bonchev–Trinajstić information content (AvgIpc) is 2.93. The van der Waals surface area contributed by atoms with Crippen LogP contribution in [0.1, 0.15) is 49.5 Å². The third-order valence-corrected chi connectivity index (χ3v) is 4.89. The van der Waals surface area contributed by atoms with E-state index < -0.39 is 0 Å². The summed E-state index contributed by atoms with van der Waals surface area (Å²) < 4.78 is 2.13. The summed E-state index contributed by atoms with van der Waals surface area (Å²) in [6, 6.07) is 3.87. The molecule has 2 heterocycles. The molecule has 1 amide bonds. The second-order valence-electron chi connectivity index (χ2n) is 5.05. The molecule has 2 rings (SSSR count). The third kappa shape index (κ3) is 2.00. The summed E-state index contributed by atoms with van der Waals surface area (Å²) in [6.45, 7) is 2.22. The van der Waals surface area contributed by atoms with Gasteiger partial charge in [-0.2, -0.15) is 0 Å². The Labute approximate surface area is 117 Å². The van der Waals surface area contributed by atoms with Gasteiger partial charge in [0, 0.05) is 18.6 Å². The Morgan fingerprint density at radius 2 is 2.11 bits per heavy atom. The van der Waals surface area contributed by atoms with Gasteiger partial charge in [0.25, 0.3) is 5.91 Å². The summed E-state index contributed by atoms with van der Waals surface area (Å²) in [5.74, 6) is 0.134. The Kier molecular flexibility index (Phi) is 4.15. The lowest BCUT2D eigenvalue weighted by Crippen LogP contribution is -2.46. The number of rotatable bonds is 6. The highest BCUT2D eigenvalue weighted by Gasteiger charge is 2.45. The lowest BCUT2D eigenvalue weighted by atomic mass is 10.0. The molecule has 1 aromatic heterocycles. The van der Waals surface area contributed by atoms with E-state index in [1.807, 2.05) is 30.3 Å². The molecular weight excluding hydrogens is 292 g/mol. The summed E-state index contributed by atoms with van der Waals surface area (Å²) in [5.41, 5.74) is 0.608. The van der Waals surface area contributed by atoms with Crippen LogP contribution in [0.2, 0.25) is 0 Å². The summed E-state index contributed by atoms with van der Waals surface area (Å²) in [4.78, 5) is 14.1. The van der Waals surface area contributed by atoms with Gasteiger partial charge in [0.2, 0.25) is 0 Å². The zero-order valence-corrected chi connectivity index (χ0v) is 12.7. The first-order valence-electron chi connectivity index (χ1n) is 6.69. The number of alkyl halides is 1. The molecule has 100 valence electrons. The van der Waals surface area contributed by atoms with E-state index in [4.69, 9.17) is 0 Å². The Morgan fingerprint density at radius 1 is 1.33 bits per heavy atom. The fraction of sp³-hybridized carbons (Fsp3) is 0.643. The number of aromatic nitrogens is 1. The predicted molar refractivity (Wildman–Crippen MR) is 77.1 cm³/mol. The van der Waals surface area contributed by atoms with Gasteiger partial charge in [0.05, 0.1) is 0 Å². The van der Waals surface area contributed by atoms with Crippen LogP contribution < -0.4 is 0 Å². The molecule has 18 heavy (non-hydrogen) atoms. The maximum Gasteiger partial charge on any atom is 0.272 e. The quantitative estimate of drug-likeness (QED) is 0.582. The van der Waals surface area contributed by atoms with Crippen LogP contribution in [-0.2, 0) is 5.66 Å². The van der Waals surface area contributed by atoms with Crippen molar-refractivity contribution >= 4 is 21.8 Å². The number of hydrogen-bond acceptors (Lipinski definition) is 1. The summed E-state index contributed by atoms with van der Waals surface area (Å²) >= 11 is 3.61. The number of hydrogen-bond donors (Lipinski definition) is 0. The monoisotopic (exact) mass is 312 g/mol. The van der Waals surface area contributed by atoms with E-state index in [9.17, 15) is 4.79 Å². The molecule has 4 heteroatoms. The largest absolute Gasteiger partial charge is 0.319 e. The topological polar surface area (TPSA) is 25.2 Å². The van der Waals surface area contributed by atoms with E-state index in [0.717, 1.165) is 23.9 Å². The SMILES string of the molecule is CCCCCCC1(CBr)N(C)C(=O)c2cccn21. The second kappa shape index (κ2) is 5.47. The van der Waals surface area contributed by atoms with E-state index in [1.54, 1.807) is 0 Å². The molecule has 0 N–H and O–H groups in total. The molecule has 0 aromatic carbocycles. The fourth-order valence-corrected chi connectivity index (χ4v) is 3.71. The number of amides is 1. The van der Waals surface area contributed by atoms with Crippen LogP contribution in [0.15, 0.2) is 18.3 Å². The van der Waals surface area contributed by atoms with Crippen molar-refractivity contribution in [2.45, 2.75) is 44.7 Å². The molecule has 0 fully saturated rings. The number of nitrogens with zero attached hydrogens (tertiary/aromatic N) is 2. The summed E-state index contributed by atoms with van der Waals surface area (Å²) in [5, 5.41) is 0.788. The van der Waals surface area contributed by atoms with Crippen LogP contribution in [0.3, 0.4) is 0 Å². The van der Waals surface area contributed by atoms with E-state index >= 15 is 0 Å². The van der Waals surface area contributed by atoms with Gasteiger partial charge in [0.1, 0.15) is 11.4 Å². The minimum absolute atomic E-state index is 0.134. The molecule has 1 aliphatic rings. The van der Waals surface area contributed by atoms with Crippen molar-refractivity contribution in [3.63, 3.8) is 0 Å². The van der Waals surface area contributed by atoms with Crippen LogP contribution >= 0.6 is 15.9 Å². The van der Waals surface area contributed by atoms with Crippen molar-refractivity contribution in [1.82, 2.24) is 9.47 Å². The lowest BCUT2D eigenvalue weighted by Gasteiger charge is -2.36. The summed E-state index contributed by atoms with van der Waals surface area (Å²) in [6.07, 6.45) is 7.96. The molecule has 0 radical (unpaired) electrons. The lowest BCUT2D eigenvalue weighted by molar-refractivity contribution is 0.0535. The van der Waals surface area contributed by atoms with Gasteiger partial charge in [-0.1, -0.05) is 42.1 Å². The minimum Gasteiger partial charge on any atom is -0.319 e. The average molecular weight is 313 g/mol. The molecule has 3 nitrogen and oxygen atoms in total. The van der Waals surface area contributed by atoms with Crippen LogP contribution in [0.4, 0.5) is 0 Å². The fourth-order valence-electron chi connectivity index (χ4n) is 2.78. The molecule has 1 aliphatic heterocycles. The van der Waals surface area contributed by atoms with Gasteiger partial charge in [0.15, 0.2) is 0 Å². The highest BCUT2D eigenvalue weighted by Crippen LogP contribution is 2.37. The number of unbranched alkanes of at least 4 members (excludes halogenated alkanes) is 3. The first kappa shape index (κ1) is 13.7. The van der Waals surface area contributed by atoms with Crippen LogP contribution in [0.5, 0.6) is 0 Å². The van der Waals surface area contributed by atoms with E-state index in [-0.39, 0.29) is 11.6 Å². The van der Waals surface area contributed by atoms with Gasteiger partial charge in [-0.15, -0.1) is 0 Å². The van der Waals surface area contributed by atoms with E-state index in [0.29, 0.717) is 0 Å². The third-order valence-electron chi connectivity index (χ3n) is 3.99. The number of carbonyl (C=O) groups excluding carboxylic acids is 1. The molecule has 1 atom stereocenters. The van der Waals surface area contributed by atoms with E-state index in [1.165, 1.54) is 19.3 Å². The van der Waals surface area contributed by atoms with Crippen molar-refractivity contribution in [1.29, 1.82) is 0 Å². The molecule has 1 aromatic rings. The van der Waals surface area contributed by atoms with Crippen molar-refractivity contribution in [3.8, 4) is 0 Å². The first-order chi connectivity index (χ1) is 8.67. The predicted octanol–water partition coefficient (Wildman–Crippen LogP) is 3.59. The molecular formula is C14H21BrN2O. The van der Waals surface area contributed by atoms with E-state index in [2.05, 4.69) is 27.4 Å². The standard InChI is InChI=1S/C14H21BrN2O/c1-3-4-5-6-9-14(11-15)16(2)13(18)12-8-7-10-17(12)14/h7-8,10H,3-6,9,11H2,1-2H3. The van der Waals surface area contributed by atoms with Crippen LogP contribution in [0.25, 0.3) is 0 Å². The number of fused-ring (bicyclic) bond motifs is 1. The molecule has 0 aliphatic carbocycles. The Balaban J connectivity index is 2.19. The molecule has 0 bridgehead atoms. The summed E-state index contributed by atoms with van der Waals surface area (Å²) in [7, 11) is 1.91. The number of halogens is 1. The maximum absolute atomic E-state index is 12.2. The molecule has 1 unspecified atom stereocenters. The highest BCUT2D eigenvalue weighted by atomic mass is 79.9. The first-order valence-corrected chi connectivity index (χ1v) is 7.81. The van der Waals surface area contributed by atoms with Crippen molar-refractivity contribution in [3.05, 3.63) is 24.0 Å². The van der Waals surface area contributed by atoms with Crippen molar-refractivity contribution in [2.24, 2.45) is 0 Å². The van der Waals surface area contributed by atoms with Gasteiger partial charge in [-0.3, -0.25) is 4.79 Å². The van der Waals surface area contributed by atoms with Crippen LogP contribution in [-0.4, -0.2) is 27.8 Å².